The van der Waals surface area contributed by atoms with E-state index >= 15 is 0 Å². The minimum atomic E-state index is -0.242. The SMILES string of the molecule is O=C1C2C3c4ccccc4C(c4ccccc43)C2C(=O)N1CCCN1CC2C3C=CC(C4CCC34)C2C1. The Balaban J connectivity index is 0.935. The van der Waals surface area contributed by atoms with E-state index in [9.17, 15) is 9.59 Å². The molecule has 4 bridgehead atoms. The lowest BCUT2D eigenvalue weighted by atomic mass is 9.47. The molecule has 4 heteroatoms. The van der Waals surface area contributed by atoms with Gasteiger partial charge in [-0.05, 0) is 83.6 Å². The first-order valence-electron chi connectivity index (χ1n) is 14.6. The van der Waals surface area contributed by atoms with Gasteiger partial charge in [0.05, 0.1) is 11.8 Å². The number of imide groups is 1. The molecule has 4 nitrogen and oxygen atoms in total. The molecule has 37 heavy (non-hydrogen) atoms. The molecule has 0 N–H and O–H groups in total. The summed E-state index contributed by atoms with van der Waals surface area (Å²) in [5.74, 6) is 4.88. The molecule has 11 rings (SSSR count). The molecule has 9 aliphatic rings. The number of benzene rings is 2. The lowest BCUT2D eigenvalue weighted by Crippen LogP contribution is -2.52. The Bertz CT molecular complexity index is 1220. The molecule has 2 amide bonds. The van der Waals surface area contributed by atoms with Crippen LogP contribution in [0.2, 0.25) is 0 Å². The third-order valence-electron chi connectivity index (χ3n) is 11.8. The molecule has 4 fully saturated rings. The quantitative estimate of drug-likeness (QED) is 0.462. The van der Waals surface area contributed by atoms with Gasteiger partial charge >= 0.3 is 0 Å². The van der Waals surface area contributed by atoms with E-state index in [1.807, 2.05) is 0 Å². The number of rotatable bonds is 4. The Morgan fingerprint density at radius 1 is 0.622 bits per heavy atom. The summed E-state index contributed by atoms with van der Waals surface area (Å²) in [6.45, 7) is 3.99. The highest BCUT2D eigenvalue weighted by atomic mass is 16.2. The van der Waals surface area contributed by atoms with E-state index in [0.717, 1.165) is 48.5 Å². The average molecular weight is 491 g/mol. The van der Waals surface area contributed by atoms with Crippen LogP contribution in [-0.2, 0) is 9.59 Å². The maximum atomic E-state index is 13.8. The smallest absolute Gasteiger partial charge is 0.234 e. The molecule has 2 aromatic carbocycles. The topological polar surface area (TPSA) is 40.6 Å². The molecule has 188 valence electrons. The fourth-order valence-electron chi connectivity index (χ4n) is 10.3. The van der Waals surface area contributed by atoms with Gasteiger partial charge in [-0.3, -0.25) is 14.5 Å². The first kappa shape index (κ1) is 21.2. The van der Waals surface area contributed by atoms with Crippen molar-refractivity contribution in [2.45, 2.75) is 31.1 Å². The van der Waals surface area contributed by atoms with Crippen molar-refractivity contribution in [1.29, 1.82) is 0 Å². The summed E-state index contributed by atoms with van der Waals surface area (Å²) in [6.07, 6.45) is 8.89. The summed E-state index contributed by atoms with van der Waals surface area (Å²) in [5.41, 5.74) is 5.03. The van der Waals surface area contributed by atoms with Crippen LogP contribution >= 0.6 is 0 Å². The van der Waals surface area contributed by atoms with Gasteiger partial charge in [-0.2, -0.15) is 0 Å². The van der Waals surface area contributed by atoms with Crippen LogP contribution in [-0.4, -0.2) is 47.8 Å². The van der Waals surface area contributed by atoms with Crippen molar-refractivity contribution in [1.82, 2.24) is 9.80 Å². The summed E-state index contributed by atoms with van der Waals surface area (Å²) < 4.78 is 0. The highest BCUT2D eigenvalue weighted by molar-refractivity contribution is 6.07. The predicted octanol–water partition coefficient (Wildman–Crippen LogP) is 4.66. The Hall–Kier alpha value is -2.72. The molecule has 2 aromatic rings. The number of allylic oxidation sites excluding steroid dienone is 2. The molecular formula is C33H34N2O2. The van der Waals surface area contributed by atoms with Crippen LogP contribution in [0.15, 0.2) is 60.7 Å². The number of nitrogens with zero attached hydrogens (tertiary/aromatic N) is 2. The fourth-order valence-corrected chi connectivity index (χ4v) is 10.3. The normalized spacial score (nSPS) is 41.8. The Morgan fingerprint density at radius 3 is 1.51 bits per heavy atom. The van der Waals surface area contributed by atoms with Crippen molar-refractivity contribution in [2.75, 3.05) is 26.2 Å². The first-order valence-corrected chi connectivity index (χ1v) is 14.6. The lowest BCUT2D eigenvalue weighted by Gasteiger charge is -2.57. The minimum Gasteiger partial charge on any atom is -0.303 e. The summed E-state index contributed by atoms with van der Waals surface area (Å²) in [5, 5.41) is 0. The van der Waals surface area contributed by atoms with Crippen molar-refractivity contribution in [3.63, 3.8) is 0 Å². The van der Waals surface area contributed by atoms with Gasteiger partial charge in [0.2, 0.25) is 11.8 Å². The van der Waals surface area contributed by atoms with Crippen molar-refractivity contribution in [3.05, 3.63) is 82.9 Å². The summed E-state index contributed by atoms with van der Waals surface area (Å²) in [7, 11) is 0. The van der Waals surface area contributed by atoms with E-state index in [-0.39, 0.29) is 35.5 Å². The first-order chi connectivity index (χ1) is 18.2. The number of likely N-dealkylation sites (tertiary alicyclic amines) is 2. The highest BCUT2D eigenvalue weighted by Crippen LogP contribution is 2.62. The molecule has 2 heterocycles. The molecule has 2 saturated carbocycles. The molecule has 0 radical (unpaired) electrons. The molecule has 7 aliphatic carbocycles. The number of hydrogen-bond donors (Lipinski definition) is 0. The molecule has 2 aliphatic heterocycles. The minimum absolute atomic E-state index is 0.00361. The van der Waals surface area contributed by atoms with E-state index < -0.39 is 0 Å². The van der Waals surface area contributed by atoms with E-state index in [2.05, 4.69) is 65.6 Å². The third kappa shape index (κ3) is 2.63. The van der Waals surface area contributed by atoms with Gasteiger partial charge in [-0.1, -0.05) is 60.7 Å². The average Bonchev–Trinajstić information content (AvgIpc) is 3.45. The summed E-state index contributed by atoms with van der Waals surface area (Å²) in [4.78, 5) is 32.0. The van der Waals surface area contributed by atoms with Crippen molar-refractivity contribution in [3.8, 4) is 0 Å². The molecular weight excluding hydrogens is 456 g/mol. The van der Waals surface area contributed by atoms with Gasteiger partial charge in [0.25, 0.3) is 0 Å². The van der Waals surface area contributed by atoms with E-state index in [1.54, 1.807) is 4.90 Å². The van der Waals surface area contributed by atoms with E-state index in [4.69, 9.17) is 0 Å². The van der Waals surface area contributed by atoms with Crippen LogP contribution < -0.4 is 0 Å². The zero-order valence-electron chi connectivity index (χ0n) is 21.2. The third-order valence-corrected chi connectivity index (χ3v) is 11.8. The largest absolute Gasteiger partial charge is 0.303 e. The Labute approximate surface area is 218 Å². The van der Waals surface area contributed by atoms with Gasteiger partial charge in [0.15, 0.2) is 0 Å². The van der Waals surface area contributed by atoms with Gasteiger partial charge in [-0.25, -0.2) is 0 Å². The highest BCUT2D eigenvalue weighted by Gasteiger charge is 2.61. The zero-order chi connectivity index (χ0) is 24.4. The number of amides is 2. The lowest BCUT2D eigenvalue weighted by molar-refractivity contribution is -0.140. The number of carbonyl (C=O) groups is 2. The second-order valence-electron chi connectivity index (χ2n) is 13.0. The molecule has 0 aromatic heterocycles. The molecule has 2 saturated heterocycles. The fraction of sp³-hybridized carbons (Fsp3) is 0.515. The molecule has 0 spiro atoms. The summed E-state index contributed by atoms with van der Waals surface area (Å²) >= 11 is 0. The van der Waals surface area contributed by atoms with Crippen LogP contribution in [0, 0.1) is 47.3 Å². The van der Waals surface area contributed by atoms with Crippen LogP contribution in [0.5, 0.6) is 0 Å². The monoisotopic (exact) mass is 490 g/mol. The van der Waals surface area contributed by atoms with Crippen LogP contribution in [0.4, 0.5) is 0 Å². The molecule has 8 unspecified atom stereocenters. The maximum Gasteiger partial charge on any atom is 0.234 e. The Kier molecular flexibility index (Phi) is 4.27. The van der Waals surface area contributed by atoms with E-state index in [1.165, 1.54) is 48.2 Å². The maximum absolute atomic E-state index is 13.8. The second-order valence-corrected chi connectivity index (χ2v) is 13.0. The van der Waals surface area contributed by atoms with Crippen molar-refractivity contribution < 1.29 is 9.59 Å². The second kappa shape index (κ2) is 7.44. The van der Waals surface area contributed by atoms with Gasteiger partial charge in [0, 0.05) is 31.5 Å². The van der Waals surface area contributed by atoms with Crippen LogP contribution in [0.1, 0.15) is 53.4 Å². The van der Waals surface area contributed by atoms with E-state index in [0.29, 0.717) is 6.54 Å². The van der Waals surface area contributed by atoms with Crippen LogP contribution in [0.25, 0.3) is 0 Å². The number of hydrogen-bond acceptors (Lipinski definition) is 3. The standard InChI is InChI=1S/C33H34N2O2/c36-32-30-28-22-6-1-2-7-23(22)29(25-9-4-3-8-24(25)28)31(30)33(37)35(32)15-5-14-34-16-26-20-12-13-21(27(26)17-34)19-11-10-18(19)20/h1-4,6-9,12-13,18-21,26-31H,5,10-11,14-17H2. The van der Waals surface area contributed by atoms with Crippen LogP contribution in [0.3, 0.4) is 0 Å². The number of carbonyl (C=O) groups excluding carboxylic acids is 2. The predicted molar refractivity (Wildman–Crippen MR) is 141 cm³/mol. The van der Waals surface area contributed by atoms with Gasteiger partial charge in [0.1, 0.15) is 0 Å². The van der Waals surface area contributed by atoms with Gasteiger partial charge in [-0.15, -0.1) is 0 Å². The van der Waals surface area contributed by atoms with Gasteiger partial charge < -0.3 is 4.90 Å². The Morgan fingerprint density at radius 2 is 1.08 bits per heavy atom. The molecule has 8 atom stereocenters. The zero-order valence-corrected chi connectivity index (χ0v) is 21.2. The summed E-state index contributed by atoms with van der Waals surface area (Å²) in [6, 6.07) is 17.0. The van der Waals surface area contributed by atoms with Crippen molar-refractivity contribution in [2.24, 2.45) is 47.3 Å². The van der Waals surface area contributed by atoms with Crippen molar-refractivity contribution >= 4 is 11.8 Å².